The summed E-state index contributed by atoms with van der Waals surface area (Å²) in [4.78, 5) is 0. The molecule has 0 aliphatic carbocycles. The Morgan fingerprint density at radius 1 is 0.818 bits per heavy atom. The number of aromatic hydroxyl groups is 1. The van der Waals surface area contributed by atoms with Crippen LogP contribution in [0.4, 0.5) is 0 Å². The highest BCUT2D eigenvalue weighted by molar-refractivity contribution is 5.29. The van der Waals surface area contributed by atoms with E-state index in [9.17, 15) is 10.2 Å². The third kappa shape index (κ3) is 8.58. The summed E-state index contributed by atoms with van der Waals surface area (Å²) in [5.74, 6) is 0.771. The lowest BCUT2D eigenvalue weighted by atomic mass is 9.58. The molecular formula is C30H54O3. The van der Waals surface area contributed by atoms with Crippen LogP contribution in [0.1, 0.15) is 127 Å². The van der Waals surface area contributed by atoms with E-state index in [1.54, 1.807) is 0 Å². The predicted molar refractivity (Wildman–Crippen MR) is 142 cm³/mol. The Morgan fingerprint density at radius 3 is 1.76 bits per heavy atom. The van der Waals surface area contributed by atoms with Gasteiger partial charge in [-0.1, -0.05) is 80.9 Å². The number of aliphatic hydroxyl groups is 1. The summed E-state index contributed by atoms with van der Waals surface area (Å²) in [6.07, 6.45) is 4.50. The number of phenols is 1. The fourth-order valence-corrected chi connectivity index (χ4v) is 5.11. The van der Waals surface area contributed by atoms with Gasteiger partial charge >= 0.3 is 0 Å². The van der Waals surface area contributed by atoms with Crippen molar-refractivity contribution in [3.8, 4) is 5.75 Å². The Balaban J connectivity index is 3.08. The number of rotatable bonds is 11. The smallest absolute Gasteiger partial charge is 0.161 e. The second-order valence-corrected chi connectivity index (χ2v) is 14.0. The zero-order chi connectivity index (χ0) is 25.9. The van der Waals surface area contributed by atoms with Crippen LogP contribution in [0.5, 0.6) is 5.75 Å². The van der Waals surface area contributed by atoms with Crippen LogP contribution in [0.2, 0.25) is 0 Å². The molecule has 0 bridgehead atoms. The van der Waals surface area contributed by atoms with Crippen LogP contribution in [0, 0.1) is 21.7 Å². The van der Waals surface area contributed by atoms with E-state index < -0.39 is 11.9 Å². The first kappa shape index (κ1) is 30.0. The highest BCUT2D eigenvalue weighted by Gasteiger charge is 2.48. The van der Waals surface area contributed by atoms with Gasteiger partial charge in [-0.05, 0) is 86.3 Å². The van der Waals surface area contributed by atoms with E-state index in [1.807, 2.05) is 32.9 Å². The molecule has 3 atom stereocenters. The highest BCUT2D eigenvalue weighted by atomic mass is 16.6. The van der Waals surface area contributed by atoms with Crippen molar-refractivity contribution in [1.82, 2.24) is 0 Å². The van der Waals surface area contributed by atoms with Gasteiger partial charge in [-0.3, -0.25) is 0 Å². The first-order chi connectivity index (χ1) is 14.7. The third-order valence-electron chi connectivity index (χ3n) is 7.83. The van der Waals surface area contributed by atoms with E-state index in [1.165, 1.54) is 5.56 Å². The molecule has 2 N–H and O–H groups in total. The van der Waals surface area contributed by atoms with Crippen LogP contribution in [0.3, 0.4) is 0 Å². The highest BCUT2D eigenvalue weighted by Crippen LogP contribution is 2.52. The number of phenolic OH excluding ortho intramolecular Hbond substituents is 1. The molecule has 3 unspecified atom stereocenters. The summed E-state index contributed by atoms with van der Waals surface area (Å²) >= 11 is 0. The number of benzene rings is 1. The fourth-order valence-electron chi connectivity index (χ4n) is 5.11. The summed E-state index contributed by atoms with van der Waals surface area (Å²) in [7, 11) is 0. The fraction of sp³-hybridized carbons (Fsp3) is 0.800. The molecule has 0 spiro atoms. The lowest BCUT2D eigenvalue weighted by Crippen LogP contribution is -2.49. The molecule has 0 amide bonds. The van der Waals surface area contributed by atoms with E-state index in [0.717, 1.165) is 32.1 Å². The molecule has 0 saturated carbocycles. The van der Waals surface area contributed by atoms with Gasteiger partial charge in [0.15, 0.2) is 6.29 Å². The van der Waals surface area contributed by atoms with Crippen molar-refractivity contribution in [3.05, 3.63) is 29.8 Å². The van der Waals surface area contributed by atoms with Crippen molar-refractivity contribution in [2.75, 3.05) is 0 Å². The van der Waals surface area contributed by atoms with E-state index in [2.05, 4.69) is 74.4 Å². The minimum absolute atomic E-state index is 0.0489. The molecule has 192 valence electrons. The van der Waals surface area contributed by atoms with Crippen LogP contribution in [0.15, 0.2) is 24.3 Å². The third-order valence-corrected chi connectivity index (χ3v) is 7.83. The lowest BCUT2D eigenvalue weighted by Gasteiger charge is -2.50. The second-order valence-electron chi connectivity index (χ2n) is 14.0. The molecule has 0 aliphatic rings. The number of hydrogen-bond acceptors (Lipinski definition) is 3. The molecule has 1 rings (SSSR count). The molecule has 0 aromatic heterocycles. The minimum Gasteiger partial charge on any atom is -0.508 e. The summed E-state index contributed by atoms with van der Waals surface area (Å²) in [5, 5.41) is 21.0. The number of hydrogen-bond donors (Lipinski definition) is 2. The van der Waals surface area contributed by atoms with E-state index in [4.69, 9.17) is 4.74 Å². The summed E-state index contributed by atoms with van der Waals surface area (Å²) < 4.78 is 6.09. The van der Waals surface area contributed by atoms with Crippen molar-refractivity contribution in [2.24, 2.45) is 21.7 Å². The van der Waals surface area contributed by atoms with Crippen molar-refractivity contribution < 1.29 is 14.9 Å². The first-order valence-corrected chi connectivity index (χ1v) is 12.9. The second kappa shape index (κ2) is 10.7. The van der Waals surface area contributed by atoms with Gasteiger partial charge in [0.25, 0.3) is 0 Å². The van der Waals surface area contributed by atoms with Crippen molar-refractivity contribution in [2.45, 2.75) is 133 Å². The Labute approximate surface area is 205 Å². The molecule has 33 heavy (non-hydrogen) atoms. The quantitative estimate of drug-likeness (QED) is 0.323. The Morgan fingerprint density at radius 2 is 1.33 bits per heavy atom. The van der Waals surface area contributed by atoms with Crippen molar-refractivity contribution >= 4 is 0 Å². The molecule has 0 fully saturated rings. The van der Waals surface area contributed by atoms with Gasteiger partial charge in [-0.25, -0.2) is 0 Å². The van der Waals surface area contributed by atoms with Crippen LogP contribution in [-0.2, 0) is 4.74 Å². The van der Waals surface area contributed by atoms with Crippen LogP contribution in [-0.4, -0.2) is 22.1 Å². The monoisotopic (exact) mass is 462 g/mol. The summed E-state index contributed by atoms with van der Waals surface area (Å²) in [6, 6.07) is 7.78. The maximum Gasteiger partial charge on any atom is 0.161 e. The molecule has 0 radical (unpaired) electrons. The average molecular weight is 463 g/mol. The summed E-state index contributed by atoms with van der Waals surface area (Å²) in [6.45, 7) is 26.5. The van der Waals surface area contributed by atoms with Gasteiger partial charge in [0.1, 0.15) is 5.75 Å². The Hall–Kier alpha value is -1.06. The molecule has 0 saturated heterocycles. The topological polar surface area (TPSA) is 49.7 Å². The predicted octanol–water partition coefficient (Wildman–Crippen LogP) is 8.68. The van der Waals surface area contributed by atoms with Gasteiger partial charge < -0.3 is 14.9 Å². The Kier molecular flexibility index (Phi) is 9.71. The average Bonchev–Trinajstić information content (AvgIpc) is 2.63. The van der Waals surface area contributed by atoms with Gasteiger partial charge in [0, 0.05) is 5.41 Å². The maximum absolute atomic E-state index is 11.2. The zero-order valence-electron chi connectivity index (χ0n) is 23.8. The number of ether oxygens (including phenoxy) is 1. The van der Waals surface area contributed by atoms with Crippen LogP contribution < -0.4 is 0 Å². The zero-order valence-corrected chi connectivity index (χ0v) is 23.8. The van der Waals surface area contributed by atoms with E-state index in [0.29, 0.717) is 11.7 Å². The lowest BCUT2D eigenvalue weighted by molar-refractivity contribution is -0.251. The largest absolute Gasteiger partial charge is 0.508 e. The molecule has 0 aliphatic heterocycles. The molecular weight excluding hydrogens is 408 g/mol. The summed E-state index contributed by atoms with van der Waals surface area (Å²) in [5.41, 5.74) is 0.603. The molecule has 1 aromatic carbocycles. The normalized spacial score (nSPS) is 17.5. The molecule has 1 aromatic rings. The van der Waals surface area contributed by atoms with Gasteiger partial charge in [0.05, 0.1) is 5.60 Å². The van der Waals surface area contributed by atoms with Crippen molar-refractivity contribution in [1.29, 1.82) is 0 Å². The molecule has 0 heterocycles. The number of aliphatic hydroxyl groups excluding tert-OH is 1. The van der Waals surface area contributed by atoms with Crippen LogP contribution >= 0.6 is 0 Å². The van der Waals surface area contributed by atoms with Crippen molar-refractivity contribution in [3.63, 3.8) is 0 Å². The first-order valence-electron chi connectivity index (χ1n) is 12.9. The SMILES string of the molecule is CCCC(c1ccc(O)cc1)C(C)(C)CCC(C)(C)CC(C)(C(O)OC(C)(C)C)C(C)(C)C. The van der Waals surface area contributed by atoms with Gasteiger partial charge in [0.2, 0.25) is 0 Å². The minimum atomic E-state index is -0.824. The maximum atomic E-state index is 11.2. The standard InChI is InChI=1S/C30H54O3/c1-13-14-24(22-15-17-23(31)18-16-22)29(10,11)20-19-28(8,9)21-30(12,26(2,3)4)25(32)33-27(5,6)7/h15-18,24-25,31-32H,13-14,19-21H2,1-12H3. The van der Waals surface area contributed by atoms with Gasteiger partial charge in [-0.15, -0.1) is 0 Å². The molecule has 3 heteroatoms. The Bertz CT molecular complexity index is 718. The van der Waals surface area contributed by atoms with Crippen LogP contribution in [0.25, 0.3) is 0 Å². The molecule has 3 nitrogen and oxygen atoms in total. The van der Waals surface area contributed by atoms with Gasteiger partial charge in [-0.2, -0.15) is 0 Å². The van der Waals surface area contributed by atoms with E-state index in [-0.39, 0.29) is 21.7 Å². The van der Waals surface area contributed by atoms with E-state index >= 15 is 0 Å².